The molecule has 2 fully saturated rings. The van der Waals surface area contributed by atoms with Gasteiger partial charge in [0.1, 0.15) is 5.78 Å². The maximum Gasteiger partial charge on any atom is 0.141 e. The number of fused-ring (bicyclic) bond motifs is 2. The Morgan fingerprint density at radius 2 is 2.27 bits per heavy atom. The van der Waals surface area contributed by atoms with Gasteiger partial charge in [-0.3, -0.25) is 4.79 Å². The Balaban J connectivity index is 2.35. The molecule has 0 aliphatic heterocycles. The molecule has 0 radical (unpaired) electrons. The van der Waals surface area contributed by atoms with Crippen molar-refractivity contribution in [2.24, 2.45) is 16.7 Å². The van der Waals surface area contributed by atoms with Gasteiger partial charge in [-0.05, 0) is 24.2 Å². The second-order valence-corrected chi connectivity index (χ2v) is 6.58. The SMILES string of the molecule is COC[C@@H](Br)[C@]12CC[C@H](CC1=O)C2(C)C. The molecule has 0 saturated heterocycles. The van der Waals surface area contributed by atoms with E-state index in [2.05, 4.69) is 29.8 Å². The Morgan fingerprint density at radius 3 is 2.67 bits per heavy atom. The minimum atomic E-state index is -0.173. The lowest BCUT2D eigenvalue weighted by atomic mass is 9.67. The van der Waals surface area contributed by atoms with Crippen LogP contribution in [-0.4, -0.2) is 24.3 Å². The second-order valence-electron chi connectivity index (χ2n) is 5.48. The Hall–Kier alpha value is 0.110. The van der Waals surface area contributed by atoms with Gasteiger partial charge in [0.15, 0.2) is 0 Å². The maximum absolute atomic E-state index is 12.2. The summed E-state index contributed by atoms with van der Waals surface area (Å²) in [5.74, 6) is 1.03. The van der Waals surface area contributed by atoms with Crippen LogP contribution in [0.5, 0.6) is 0 Å². The number of hydrogen-bond donors (Lipinski definition) is 0. The number of alkyl halides is 1. The van der Waals surface area contributed by atoms with Crippen LogP contribution in [0.25, 0.3) is 0 Å². The first kappa shape index (κ1) is 11.6. The van der Waals surface area contributed by atoms with Gasteiger partial charge >= 0.3 is 0 Å². The van der Waals surface area contributed by atoms with Crippen molar-refractivity contribution in [1.29, 1.82) is 0 Å². The van der Waals surface area contributed by atoms with Crippen LogP contribution >= 0.6 is 15.9 Å². The van der Waals surface area contributed by atoms with E-state index in [4.69, 9.17) is 4.74 Å². The number of Topliss-reactive ketones (excluding diaryl/α,β-unsaturated/α-hetero) is 1. The number of carbonyl (C=O) groups excluding carboxylic acids is 1. The van der Waals surface area contributed by atoms with E-state index in [1.165, 1.54) is 6.42 Å². The normalized spacial score (nSPS) is 39.7. The molecular formula is C12H19BrO2. The number of methoxy groups -OCH3 is 1. The molecule has 2 bridgehead atoms. The standard InChI is InChI=1S/C12H19BrO2/c1-11(2)8-4-5-12(11,10(14)6-8)9(13)7-15-3/h8-9H,4-7H2,1-3H3/t8-,9-,12-/m1/s1. The zero-order valence-corrected chi connectivity index (χ0v) is 11.3. The first-order valence-electron chi connectivity index (χ1n) is 5.63. The Labute approximate surface area is 99.9 Å². The molecular weight excluding hydrogens is 256 g/mol. The number of rotatable bonds is 3. The van der Waals surface area contributed by atoms with Crippen molar-refractivity contribution in [1.82, 2.24) is 0 Å². The summed E-state index contributed by atoms with van der Waals surface area (Å²) in [5, 5.41) is 0. The first-order valence-corrected chi connectivity index (χ1v) is 6.54. The van der Waals surface area contributed by atoms with Crippen molar-refractivity contribution >= 4 is 21.7 Å². The Morgan fingerprint density at radius 1 is 1.60 bits per heavy atom. The molecule has 0 N–H and O–H groups in total. The molecule has 0 unspecified atom stereocenters. The van der Waals surface area contributed by atoms with Gasteiger partial charge in [-0.1, -0.05) is 29.8 Å². The fraction of sp³-hybridized carbons (Fsp3) is 0.917. The average Bonchev–Trinajstić information content (AvgIpc) is 2.51. The molecule has 3 heteroatoms. The van der Waals surface area contributed by atoms with Crippen molar-refractivity contribution in [2.45, 2.75) is 37.9 Å². The van der Waals surface area contributed by atoms with Crippen LogP contribution in [0.15, 0.2) is 0 Å². The summed E-state index contributed by atoms with van der Waals surface area (Å²) in [7, 11) is 1.70. The Kier molecular flexibility index (Phi) is 2.75. The minimum absolute atomic E-state index is 0.136. The van der Waals surface area contributed by atoms with Gasteiger partial charge in [-0.2, -0.15) is 0 Å². The molecule has 0 spiro atoms. The predicted octanol–water partition coefficient (Wildman–Crippen LogP) is 2.79. The lowest BCUT2D eigenvalue weighted by Crippen LogP contribution is -2.45. The van der Waals surface area contributed by atoms with Crippen LogP contribution in [-0.2, 0) is 9.53 Å². The molecule has 2 aliphatic rings. The summed E-state index contributed by atoms with van der Waals surface area (Å²) in [5.41, 5.74) is -0.0372. The number of ketones is 1. The molecule has 0 aromatic heterocycles. The second kappa shape index (κ2) is 3.56. The summed E-state index contributed by atoms with van der Waals surface area (Å²) in [4.78, 5) is 12.4. The van der Waals surface area contributed by atoms with Crippen LogP contribution in [0.1, 0.15) is 33.1 Å². The molecule has 15 heavy (non-hydrogen) atoms. The quantitative estimate of drug-likeness (QED) is 0.740. The fourth-order valence-corrected chi connectivity index (χ4v) is 5.07. The summed E-state index contributed by atoms with van der Waals surface area (Å²) in [6.45, 7) is 5.13. The summed E-state index contributed by atoms with van der Waals surface area (Å²) in [6, 6.07) is 0. The highest BCUT2D eigenvalue weighted by atomic mass is 79.9. The molecule has 2 nitrogen and oxygen atoms in total. The molecule has 0 heterocycles. The van der Waals surface area contributed by atoms with E-state index in [1.807, 2.05) is 0 Å². The zero-order valence-electron chi connectivity index (χ0n) is 9.68. The van der Waals surface area contributed by atoms with E-state index in [9.17, 15) is 4.79 Å². The van der Waals surface area contributed by atoms with Crippen molar-refractivity contribution in [3.63, 3.8) is 0 Å². The van der Waals surface area contributed by atoms with Crippen molar-refractivity contribution < 1.29 is 9.53 Å². The lowest BCUT2D eigenvalue weighted by Gasteiger charge is -2.40. The first-order chi connectivity index (χ1) is 6.96. The highest BCUT2D eigenvalue weighted by molar-refractivity contribution is 9.09. The van der Waals surface area contributed by atoms with Crippen molar-refractivity contribution in [2.75, 3.05) is 13.7 Å². The van der Waals surface area contributed by atoms with Crippen molar-refractivity contribution in [3.05, 3.63) is 0 Å². The van der Waals surface area contributed by atoms with Gasteiger partial charge in [-0.15, -0.1) is 0 Å². The van der Waals surface area contributed by atoms with Crippen LogP contribution in [0, 0.1) is 16.7 Å². The summed E-state index contributed by atoms with van der Waals surface area (Å²) in [6.07, 6.45) is 3.01. The van der Waals surface area contributed by atoms with E-state index in [-0.39, 0.29) is 15.7 Å². The number of ether oxygens (including phenoxy) is 1. The van der Waals surface area contributed by atoms with Crippen LogP contribution in [0.3, 0.4) is 0 Å². The largest absolute Gasteiger partial charge is 0.383 e. The number of hydrogen-bond acceptors (Lipinski definition) is 2. The van der Waals surface area contributed by atoms with Gasteiger partial charge in [0, 0.05) is 18.9 Å². The highest BCUT2D eigenvalue weighted by Crippen LogP contribution is 2.66. The third kappa shape index (κ3) is 1.29. The molecule has 0 amide bonds. The molecule has 86 valence electrons. The molecule has 2 saturated carbocycles. The highest BCUT2D eigenvalue weighted by Gasteiger charge is 2.66. The van der Waals surface area contributed by atoms with Gasteiger partial charge in [0.2, 0.25) is 0 Å². The third-order valence-corrected chi connectivity index (χ3v) is 5.88. The lowest BCUT2D eigenvalue weighted by molar-refractivity contribution is -0.130. The van der Waals surface area contributed by atoms with Crippen molar-refractivity contribution in [3.8, 4) is 0 Å². The number of halogens is 1. The van der Waals surface area contributed by atoms with Gasteiger partial charge in [0.25, 0.3) is 0 Å². The van der Waals surface area contributed by atoms with Crippen LogP contribution in [0.4, 0.5) is 0 Å². The van der Waals surface area contributed by atoms with Crippen LogP contribution in [0.2, 0.25) is 0 Å². The van der Waals surface area contributed by atoms with Gasteiger partial charge < -0.3 is 4.74 Å². The average molecular weight is 275 g/mol. The van der Waals surface area contributed by atoms with Gasteiger partial charge in [0.05, 0.1) is 11.4 Å². The zero-order chi connectivity index (χ0) is 11.3. The smallest absolute Gasteiger partial charge is 0.141 e. The summed E-state index contributed by atoms with van der Waals surface area (Å²) < 4.78 is 5.20. The fourth-order valence-electron chi connectivity index (χ4n) is 3.73. The van der Waals surface area contributed by atoms with E-state index in [0.29, 0.717) is 18.3 Å². The van der Waals surface area contributed by atoms with Gasteiger partial charge in [-0.25, -0.2) is 0 Å². The molecule has 0 aromatic rings. The topological polar surface area (TPSA) is 26.3 Å². The molecule has 3 atom stereocenters. The van der Waals surface area contributed by atoms with Crippen LogP contribution < -0.4 is 0 Å². The number of carbonyl (C=O) groups is 1. The maximum atomic E-state index is 12.2. The van der Waals surface area contributed by atoms with E-state index in [1.54, 1.807) is 7.11 Å². The third-order valence-electron chi connectivity index (χ3n) is 4.83. The summed E-state index contributed by atoms with van der Waals surface area (Å²) >= 11 is 3.68. The van der Waals surface area contributed by atoms with E-state index < -0.39 is 0 Å². The predicted molar refractivity (Wildman–Crippen MR) is 63.2 cm³/mol. The molecule has 2 rings (SSSR count). The van der Waals surface area contributed by atoms with E-state index >= 15 is 0 Å². The molecule has 0 aromatic carbocycles. The minimum Gasteiger partial charge on any atom is -0.383 e. The monoisotopic (exact) mass is 274 g/mol. The Bertz CT molecular complexity index is 287. The molecule has 2 aliphatic carbocycles. The van der Waals surface area contributed by atoms with E-state index in [0.717, 1.165) is 12.8 Å².